The number of anilines is 2. The van der Waals surface area contributed by atoms with Crippen molar-refractivity contribution in [2.24, 2.45) is 0 Å². The SMILES string of the molecule is C[C@H]1Sc2ccc(C(=O)Nc3ncccc3O)cc2NC1=O. The predicted molar refractivity (Wildman–Crippen MR) is 84.2 cm³/mol. The van der Waals surface area contributed by atoms with Gasteiger partial charge in [-0.3, -0.25) is 9.59 Å². The molecule has 2 aromatic rings. The second kappa shape index (κ2) is 5.69. The molecule has 1 aliphatic rings. The summed E-state index contributed by atoms with van der Waals surface area (Å²) in [5.41, 5.74) is 0.991. The molecule has 6 nitrogen and oxygen atoms in total. The third-order valence-electron chi connectivity index (χ3n) is 3.19. The van der Waals surface area contributed by atoms with E-state index in [1.165, 1.54) is 24.0 Å². The van der Waals surface area contributed by atoms with Gasteiger partial charge in [-0.05, 0) is 37.3 Å². The molecule has 0 unspecified atom stereocenters. The summed E-state index contributed by atoms with van der Waals surface area (Å²) >= 11 is 1.45. The van der Waals surface area contributed by atoms with Crippen LogP contribution in [-0.2, 0) is 4.79 Å². The maximum atomic E-state index is 12.2. The predicted octanol–water partition coefficient (Wildman–Crippen LogP) is 2.47. The normalized spacial score (nSPS) is 16.6. The molecule has 1 aromatic carbocycles. The van der Waals surface area contributed by atoms with Gasteiger partial charge in [0.2, 0.25) is 5.91 Å². The number of benzene rings is 1. The van der Waals surface area contributed by atoms with Crippen molar-refractivity contribution >= 4 is 35.1 Å². The Bertz CT molecular complexity index is 763. The summed E-state index contributed by atoms with van der Waals surface area (Å²) in [5, 5.41) is 14.8. The van der Waals surface area contributed by atoms with Gasteiger partial charge in [0.05, 0.1) is 10.9 Å². The Hall–Kier alpha value is -2.54. The number of amides is 2. The highest BCUT2D eigenvalue weighted by atomic mass is 32.2. The molecule has 22 heavy (non-hydrogen) atoms. The zero-order chi connectivity index (χ0) is 15.7. The summed E-state index contributed by atoms with van der Waals surface area (Å²) in [7, 11) is 0. The molecule has 3 N–H and O–H groups in total. The first-order valence-electron chi connectivity index (χ1n) is 6.61. The van der Waals surface area contributed by atoms with E-state index >= 15 is 0 Å². The third kappa shape index (κ3) is 2.75. The molecule has 0 fully saturated rings. The van der Waals surface area contributed by atoms with Crippen molar-refractivity contribution in [1.82, 2.24) is 4.98 Å². The van der Waals surface area contributed by atoms with E-state index in [1.807, 2.05) is 6.92 Å². The maximum absolute atomic E-state index is 12.2. The molecule has 1 aliphatic heterocycles. The number of rotatable bonds is 2. The molecule has 0 saturated carbocycles. The fourth-order valence-corrected chi connectivity index (χ4v) is 2.95. The number of fused-ring (bicyclic) bond motifs is 1. The van der Waals surface area contributed by atoms with E-state index in [4.69, 9.17) is 0 Å². The van der Waals surface area contributed by atoms with Gasteiger partial charge in [-0.2, -0.15) is 0 Å². The van der Waals surface area contributed by atoms with Crippen LogP contribution in [0.15, 0.2) is 41.4 Å². The maximum Gasteiger partial charge on any atom is 0.256 e. The quantitative estimate of drug-likeness (QED) is 0.792. The van der Waals surface area contributed by atoms with Crippen LogP contribution >= 0.6 is 11.8 Å². The first-order chi connectivity index (χ1) is 10.5. The van der Waals surface area contributed by atoms with Gasteiger partial charge in [-0.15, -0.1) is 11.8 Å². The minimum absolute atomic E-state index is 0.0857. The number of pyridine rings is 1. The van der Waals surface area contributed by atoms with Gasteiger partial charge in [0.15, 0.2) is 11.6 Å². The lowest BCUT2D eigenvalue weighted by Crippen LogP contribution is -2.26. The zero-order valence-corrected chi connectivity index (χ0v) is 12.5. The summed E-state index contributed by atoms with van der Waals surface area (Å²) in [6.45, 7) is 1.83. The van der Waals surface area contributed by atoms with Crippen molar-refractivity contribution in [3.63, 3.8) is 0 Å². The smallest absolute Gasteiger partial charge is 0.256 e. The van der Waals surface area contributed by atoms with E-state index in [1.54, 1.807) is 24.3 Å². The first-order valence-corrected chi connectivity index (χ1v) is 7.49. The van der Waals surface area contributed by atoms with Gasteiger partial charge < -0.3 is 15.7 Å². The largest absolute Gasteiger partial charge is 0.504 e. The van der Waals surface area contributed by atoms with Crippen LogP contribution in [0.1, 0.15) is 17.3 Å². The monoisotopic (exact) mass is 315 g/mol. The molecule has 2 heterocycles. The number of aromatic hydroxyl groups is 1. The summed E-state index contributed by atoms with van der Waals surface area (Å²) in [6.07, 6.45) is 1.47. The second-order valence-electron chi connectivity index (χ2n) is 4.79. The highest BCUT2D eigenvalue weighted by molar-refractivity contribution is 8.00. The Morgan fingerprint density at radius 2 is 2.23 bits per heavy atom. The Morgan fingerprint density at radius 1 is 1.41 bits per heavy atom. The average molecular weight is 315 g/mol. The summed E-state index contributed by atoms with van der Waals surface area (Å²) in [4.78, 5) is 28.7. The third-order valence-corrected chi connectivity index (χ3v) is 4.37. The van der Waals surface area contributed by atoms with E-state index in [2.05, 4.69) is 15.6 Å². The molecule has 2 amide bonds. The Kier molecular flexibility index (Phi) is 3.72. The minimum atomic E-state index is -0.408. The Labute approximate surface area is 131 Å². The van der Waals surface area contributed by atoms with E-state index in [0.717, 1.165) is 4.90 Å². The first kappa shape index (κ1) is 14.4. The molecule has 0 spiro atoms. The number of carbonyl (C=O) groups is 2. The van der Waals surface area contributed by atoms with Gasteiger partial charge in [-0.1, -0.05) is 0 Å². The fraction of sp³-hybridized carbons (Fsp3) is 0.133. The molecule has 3 rings (SSSR count). The lowest BCUT2D eigenvalue weighted by Gasteiger charge is -2.21. The number of carbonyl (C=O) groups excluding carboxylic acids is 2. The van der Waals surface area contributed by atoms with Gasteiger partial charge in [0, 0.05) is 16.7 Å². The van der Waals surface area contributed by atoms with Gasteiger partial charge in [0.25, 0.3) is 5.91 Å². The molecule has 1 aromatic heterocycles. The second-order valence-corrected chi connectivity index (χ2v) is 6.17. The number of thioether (sulfide) groups is 1. The van der Waals surface area contributed by atoms with Gasteiger partial charge in [0.1, 0.15) is 0 Å². The van der Waals surface area contributed by atoms with Crippen LogP contribution in [-0.4, -0.2) is 27.2 Å². The highest BCUT2D eigenvalue weighted by Crippen LogP contribution is 2.36. The van der Waals surface area contributed by atoms with Gasteiger partial charge >= 0.3 is 0 Å². The number of nitrogens with zero attached hydrogens (tertiary/aromatic N) is 1. The van der Waals surface area contributed by atoms with Crippen molar-refractivity contribution < 1.29 is 14.7 Å². The van der Waals surface area contributed by atoms with Crippen molar-refractivity contribution in [2.75, 3.05) is 10.6 Å². The van der Waals surface area contributed by atoms with Crippen LogP contribution in [0.3, 0.4) is 0 Å². The van der Waals surface area contributed by atoms with Crippen LogP contribution in [0.5, 0.6) is 5.75 Å². The zero-order valence-electron chi connectivity index (χ0n) is 11.7. The summed E-state index contributed by atoms with van der Waals surface area (Å²) < 4.78 is 0. The summed E-state index contributed by atoms with van der Waals surface area (Å²) in [5.74, 6) is -0.504. The van der Waals surface area contributed by atoms with Crippen molar-refractivity contribution in [2.45, 2.75) is 17.1 Å². The average Bonchev–Trinajstić information content (AvgIpc) is 2.50. The minimum Gasteiger partial charge on any atom is -0.504 e. The van der Waals surface area contributed by atoms with Crippen LogP contribution in [0.2, 0.25) is 0 Å². The standard InChI is InChI=1S/C15H13N3O3S/c1-8-14(20)17-10-7-9(4-5-12(10)22-8)15(21)18-13-11(19)3-2-6-16-13/h2-8,19H,1H3,(H,17,20)(H,16,18,21)/t8-/m1/s1. The van der Waals surface area contributed by atoms with Crippen molar-refractivity contribution in [3.8, 4) is 5.75 Å². The van der Waals surface area contributed by atoms with E-state index in [-0.39, 0.29) is 22.7 Å². The van der Waals surface area contributed by atoms with Crippen molar-refractivity contribution in [3.05, 3.63) is 42.1 Å². The molecule has 7 heteroatoms. The Balaban J connectivity index is 1.84. The Morgan fingerprint density at radius 3 is 3.00 bits per heavy atom. The molecular formula is C15H13N3O3S. The highest BCUT2D eigenvalue weighted by Gasteiger charge is 2.23. The topological polar surface area (TPSA) is 91.3 Å². The molecular weight excluding hydrogens is 302 g/mol. The lowest BCUT2D eigenvalue weighted by molar-refractivity contribution is -0.115. The van der Waals surface area contributed by atoms with Gasteiger partial charge in [-0.25, -0.2) is 4.98 Å². The fourth-order valence-electron chi connectivity index (χ4n) is 2.02. The van der Waals surface area contributed by atoms with Crippen LogP contribution in [0.25, 0.3) is 0 Å². The van der Waals surface area contributed by atoms with E-state index in [9.17, 15) is 14.7 Å². The molecule has 112 valence electrons. The summed E-state index contributed by atoms with van der Waals surface area (Å²) in [6, 6.07) is 8.08. The number of aromatic nitrogens is 1. The van der Waals surface area contributed by atoms with Crippen molar-refractivity contribution in [1.29, 1.82) is 0 Å². The molecule has 0 bridgehead atoms. The van der Waals surface area contributed by atoms with E-state index in [0.29, 0.717) is 11.3 Å². The molecule has 1 atom stereocenters. The van der Waals surface area contributed by atoms with Crippen LogP contribution in [0.4, 0.5) is 11.5 Å². The van der Waals surface area contributed by atoms with Crippen LogP contribution in [0, 0.1) is 0 Å². The molecule has 0 aliphatic carbocycles. The molecule has 0 saturated heterocycles. The van der Waals surface area contributed by atoms with E-state index < -0.39 is 5.91 Å². The van der Waals surface area contributed by atoms with Crippen LogP contribution < -0.4 is 10.6 Å². The lowest BCUT2D eigenvalue weighted by atomic mass is 10.1. The number of hydrogen-bond donors (Lipinski definition) is 3. The number of hydrogen-bond acceptors (Lipinski definition) is 5. The number of nitrogens with one attached hydrogen (secondary N) is 2. The molecule has 0 radical (unpaired) electrons.